The largest absolute Gasteiger partial charge is 4.00 e. The van der Waals surface area contributed by atoms with Crippen molar-refractivity contribution in [3.8, 4) is 0 Å². The van der Waals surface area contributed by atoms with Gasteiger partial charge >= 0.3 is 21.7 Å². The molecular weight excluding hydrogens is 294 g/mol. The van der Waals surface area contributed by atoms with Crippen LogP contribution in [0.2, 0.25) is 0 Å². The Kier molecular flexibility index (Phi) is 78.4. The molecule has 0 heterocycles. The smallest absolute Gasteiger partial charge is 0.663 e. The van der Waals surface area contributed by atoms with E-state index in [4.69, 9.17) is 6.58 Å². The summed E-state index contributed by atoms with van der Waals surface area (Å²) in [6, 6.07) is 0. The number of rotatable bonds is 7. The molecule has 4 heteroatoms. The quantitative estimate of drug-likeness (QED) is 0.324. The Morgan fingerprint density at radius 3 is 0.905 bits per heavy atom. The van der Waals surface area contributed by atoms with Crippen molar-refractivity contribution in [1.29, 1.82) is 0 Å². The molecule has 0 unspecified atom stereocenters. The minimum absolute atomic E-state index is 0. The summed E-state index contributed by atoms with van der Waals surface area (Å²) < 4.78 is 0. The minimum atomic E-state index is 0. The van der Waals surface area contributed by atoms with Gasteiger partial charge in [-0.1, -0.05) is 48.5 Å². The molecule has 0 radical (unpaired) electrons. The fourth-order valence-corrected chi connectivity index (χ4v) is 0.782. The van der Waals surface area contributed by atoms with Crippen molar-refractivity contribution in [2.24, 2.45) is 0 Å². The maximum absolute atomic E-state index is 4.93. The van der Waals surface area contributed by atoms with Crippen molar-refractivity contribution in [2.45, 2.75) is 48.5 Å². The summed E-state index contributed by atoms with van der Waals surface area (Å²) in [5, 5.41) is 11.9. The van der Waals surface area contributed by atoms with E-state index in [2.05, 4.69) is 16.0 Å². The van der Waals surface area contributed by atoms with Gasteiger partial charge in [-0.05, 0) is 0 Å². The van der Waals surface area contributed by atoms with Gasteiger partial charge in [-0.25, -0.2) is 12.2 Å². The summed E-state index contributed by atoms with van der Waals surface area (Å²) >= 11 is 0. The van der Waals surface area contributed by atoms with Crippen LogP contribution in [0.1, 0.15) is 48.5 Å². The first kappa shape index (κ1) is 32.9. The molecule has 0 aliphatic carbocycles. The Hall–Kier alpha value is 0.0743. The van der Waals surface area contributed by atoms with E-state index < -0.39 is 0 Å². The molecule has 3 nitrogen and oxygen atoms in total. The van der Waals surface area contributed by atoms with Crippen LogP contribution in [0.25, 0.3) is 16.0 Å². The van der Waals surface area contributed by atoms with Crippen molar-refractivity contribution in [2.75, 3.05) is 39.3 Å². The number of nitrogens with zero attached hydrogens (tertiary/aromatic N) is 3. The first-order valence-corrected chi connectivity index (χ1v) is 7.72. The molecule has 0 spiro atoms. The maximum atomic E-state index is 4.93. The van der Waals surface area contributed by atoms with Gasteiger partial charge in [0, 0.05) is 0 Å². The van der Waals surface area contributed by atoms with Gasteiger partial charge in [-0.15, -0.1) is 0 Å². The number of hydrogen-bond acceptors (Lipinski definition) is 0. The molecule has 0 rings (SSSR count). The van der Waals surface area contributed by atoms with Crippen molar-refractivity contribution in [1.82, 2.24) is 0 Å². The van der Waals surface area contributed by atoms with Crippen LogP contribution >= 0.6 is 0 Å². The molecule has 0 atom stereocenters. The molecule has 0 aromatic rings. The molecule has 0 aromatic heterocycles. The summed E-state index contributed by atoms with van der Waals surface area (Å²) in [5.74, 6) is 0. The van der Waals surface area contributed by atoms with Gasteiger partial charge in [0.2, 0.25) is 0 Å². The van der Waals surface area contributed by atoms with E-state index in [9.17, 15) is 0 Å². The third-order valence-corrected chi connectivity index (χ3v) is 1.65. The summed E-state index contributed by atoms with van der Waals surface area (Å²) in [6.45, 7) is 24.9. The Morgan fingerprint density at radius 1 is 0.667 bits per heavy atom. The minimum Gasteiger partial charge on any atom is -0.663 e. The average Bonchev–Trinajstić information content (AvgIpc) is 2.44. The fourth-order valence-electron chi connectivity index (χ4n) is 0.782. The Labute approximate surface area is 150 Å². The van der Waals surface area contributed by atoms with Gasteiger partial charge in [-0.2, -0.15) is 45.3 Å². The normalized spacial score (nSPS) is 8.14. The first-order chi connectivity index (χ1) is 9.66. The van der Waals surface area contributed by atoms with E-state index in [0.717, 1.165) is 39.3 Å². The zero-order chi connectivity index (χ0) is 16.5. The van der Waals surface area contributed by atoms with E-state index in [0.29, 0.717) is 0 Å². The number of allylic oxidation sites excluding steroid dienone is 3. The standard InChI is InChI=1S/C5H7.3C4H10N.Ti/c4*1-3-5-4-2;/h1,3-5H,2H3;3*3-4H2,1-2H3;/q4*-1;+4. The molecule has 0 aliphatic heterocycles. The fraction of sp³-hybridized carbons (Fsp3) is 0.765. The Morgan fingerprint density at radius 2 is 0.905 bits per heavy atom. The predicted octanol–water partition coefficient (Wildman–Crippen LogP) is 5.75. The molecule has 0 fully saturated rings. The molecule has 0 amide bonds. The summed E-state index contributed by atoms with van der Waals surface area (Å²) in [6.07, 6.45) is 5.15. The van der Waals surface area contributed by atoms with Crippen LogP contribution in [0.15, 0.2) is 18.2 Å². The zero-order valence-electron chi connectivity index (χ0n) is 15.4. The third kappa shape index (κ3) is 101. The van der Waals surface area contributed by atoms with Crippen LogP contribution in [0.5, 0.6) is 0 Å². The third-order valence-electron chi connectivity index (χ3n) is 1.65. The summed E-state index contributed by atoms with van der Waals surface area (Å²) in [4.78, 5) is 0. The van der Waals surface area contributed by atoms with Crippen molar-refractivity contribution in [3.63, 3.8) is 0 Å². The molecule has 0 N–H and O–H groups in total. The van der Waals surface area contributed by atoms with Crippen molar-refractivity contribution >= 4 is 0 Å². The van der Waals surface area contributed by atoms with Crippen molar-refractivity contribution < 1.29 is 21.7 Å². The topological polar surface area (TPSA) is 42.3 Å². The van der Waals surface area contributed by atoms with Crippen LogP contribution in [-0.2, 0) is 21.7 Å². The second kappa shape index (κ2) is 50.1. The predicted molar refractivity (Wildman–Crippen MR) is 97.0 cm³/mol. The van der Waals surface area contributed by atoms with Crippen LogP contribution in [0.3, 0.4) is 0 Å². The van der Waals surface area contributed by atoms with E-state index in [-0.39, 0.29) is 21.7 Å². The molecule has 0 saturated carbocycles. The molecule has 21 heavy (non-hydrogen) atoms. The zero-order valence-corrected chi connectivity index (χ0v) is 17.0. The molecule has 0 bridgehead atoms. The monoisotopic (exact) mass is 331 g/mol. The van der Waals surface area contributed by atoms with Gasteiger partial charge in [0.05, 0.1) is 0 Å². The van der Waals surface area contributed by atoms with Crippen LogP contribution in [0, 0.1) is 6.58 Å². The van der Waals surface area contributed by atoms with Gasteiger partial charge in [0.15, 0.2) is 0 Å². The molecule has 124 valence electrons. The van der Waals surface area contributed by atoms with Gasteiger partial charge in [0.25, 0.3) is 0 Å². The van der Waals surface area contributed by atoms with E-state index in [1.54, 1.807) is 6.08 Å². The molecular formula is C17H37N3Ti. The second-order valence-corrected chi connectivity index (χ2v) is 3.29. The Bertz CT molecular complexity index is 131. The van der Waals surface area contributed by atoms with Gasteiger partial charge in [0.1, 0.15) is 0 Å². The van der Waals surface area contributed by atoms with Gasteiger partial charge < -0.3 is 16.0 Å². The second-order valence-electron chi connectivity index (χ2n) is 3.29. The van der Waals surface area contributed by atoms with Gasteiger partial charge in [-0.3, -0.25) is 6.58 Å². The molecule has 0 aromatic carbocycles. The number of hydrogen-bond donors (Lipinski definition) is 0. The molecule has 0 aliphatic rings. The summed E-state index contributed by atoms with van der Waals surface area (Å²) in [5.41, 5.74) is 0. The summed E-state index contributed by atoms with van der Waals surface area (Å²) in [7, 11) is 0. The Balaban J connectivity index is -0.0000000533. The molecule has 0 saturated heterocycles. The van der Waals surface area contributed by atoms with E-state index >= 15 is 0 Å². The average molecular weight is 331 g/mol. The SMILES string of the molecule is CC[N-]CC.CC[N-]CC.CC[N-]CC.[CH-]=CC=CC.[Ti+4]. The van der Waals surface area contributed by atoms with E-state index in [1.165, 1.54) is 6.08 Å². The van der Waals surface area contributed by atoms with E-state index in [1.807, 2.05) is 54.5 Å². The van der Waals surface area contributed by atoms with Crippen LogP contribution in [-0.4, -0.2) is 39.3 Å². The maximum Gasteiger partial charge on any atom is 4.00 e. The first-order valence-electron chi connectivity index (χ1n) is 7.72. The van der Waals surface area contributed by atoms with Crippen molar-refractivity contribution in [3.05, 3.63) is 40.8 Å². The van der Waals surface area contributed by atoms with Crippen LogP contribution in [0.4, 0.5) is 0 Å². The van der Waals surface area contributed by atoms with Crippen LogP contribution < -0.4 is 0 Å².